The van der Waals surface area contributed by atoms with E-state index in [1.165, 1.54) is 0 Å². The van der Waals surface area contributed by atoms with Crippen molar-refractivity contribution in [3.63, 3.8) is 0 Å². The predicted octanol–water partition coefficient (Wildman–Crippen LogP) is -12.8. The Morgan fingerprint density at radius 1 is 0.400 bits per heavy atom. The van der Waals surface area contributed by atoms with Crippen molar-refractivity contribution in [1.29, 1.82) is 0 Å². The van der Waals surface area contributed by atoms with Gasteiger partial charge in [0.2, 0.25) is 0 Å². The molecule has 12 nitrogen and oxygen atoms in total. The summed E-state index contributed by atoms with van der Waals surface area (Å²) in [5.41, 5.74) is 0. The molecule has 8 N–H and O–H groups in total. The second-order valence-corrected chi connectivity index (χ2v) is 2.27. The molecule has 0 aromatic heterocycles. The SMILES string of the molecule is O.O.O.O.[Mn+2].[O-][Cl+3]([O-])([O-])[O-].[O-][Cl+3]([O-])([O-])[O-]. The Labute approximate surface area is 97.2 Å². The topological polar surface area (TPSA) is 310 Å². The standard InChI is InChI=1S/2ClHO4.Mn.4H2O/c2*2-1(3,4)5;;;;;/h2*(H,2,3,4,5);;4*1H2/q;;+2;;;;/p-2. The molecule has 1 radical (unpaired) electrons. The molecule has 0 unspecified atom stereocenters. The summed E-state index contributed by atoms with van der Waals surface area (Å²) < 4.78 is 67.9. The van der Waals surface area contributed by atoms with E-state index >= 15 is 0 Å². The zero-order valence-corrected chi connectivity index (χ0v) is 9.09. The van der Waals surface area contributed by atoms with Gasteiger partial charge in [0, 0.05) is 0 Å². The number of hydrogen-bond acceptors (Lipinski definition) is 8. The average molecular weight is 326 g/mol. The van der Waals surface area contributed by atoms with E-state index in [1.807, 2.05) is 0 Å². The largest absolute Gasteiger partial charge is 2.00 e. The third-order valence-corrected chi connectivity index (χ3v) is 0. The Bertz CT molecular complexity index is 56.6. The van der Waals surface area contributed by atoms with Gasteiger partial charge in [-0.25, -0.2) is 37.3 Å². The van der Waals surface area contributed by atoms with Gasteiger partial charge in [0.25, 0.3) is 0 Å². The monoisotopic (exact) mass is 325 g/mol. The van der Waals surface area contributed by atoms with Gasteiger partial charge in [-0.05, 0) is 0 Å². The van der Waals surface area contributed by atoms with Crippen LogP contribution in [0.1, 0.15) is 0 Å². The van der Waals surface area contributed by atoms with Gasteiger partial charge in [0.05, 0.1) is 0 Å². The van der Waals surface area contributed by atoms with Gasteiger partial charge in [-0.15, -0.1) is 20.5 Å². The second-order valence-electron chi connectivity index (χ2n) is 0.756. The van der Waals surface area contributed by atoms with E-state index in [-0.39, 0.29) is 39.0 Å². The molecule has 101 valence electrons. The summed E-state index contributed by atoms with van der Waals surface area (Å²) in [7, 11) is -9.89. The zero-order valence-electron chi connectivity index (χ0n) is 6.40. The van der Waals surface area contributed by atoms with Crippen molar-refractivity contribution in [3.8, 4) is 0 Å². The van der Waals surface area contributed by atoms with Crippen LogP contribution in [0.25, 0.3) is 0 Å². The summed E-state index contributed by atoms with van der Waals surface area (Å²) in [5, 5.41) is 0. The Morgan fingerprint density at radius 3 is 0.400 bits per heavy atom. The van der Waals surface area contributed by atoms with Gasteiger partial charge in [-0.3, -0.25) is 0 Å². The van der Waals surface area contributed by atoms with Crippen molar-refractivity contribution in [3.05, 3.63) is 0 Å². The first-order valence-corrected chi connectivity index (χ1v) is 3.70. The number of hydrogen-bond donors (Lipinski definition) is 0. The maximum Gasteiger partial charge on any atom is 2.00 e. The molecule has 0 aliphatic heterocycles. The van der Waals surface area contributed by atoms with Crippen molar-refractivity contribution in [2.45, 2.75) is 0 Å². The fourth-order valence-corrected chi connectivity index (χ4v) is 0. The predicted molar refractivity (Wildman–Crippen MR) is 14.5 cm³/mol. The molecule has 0 aromatic rings. The van der Waals surface area contributed by atoms with Crippen LogP contribution in [0.15, 0.2) is 0 Å². The van der Waals surface area contributed by atoms with Crippen molar-refractivity contribution in [2.75, 3.05) is 0 Å². The minimum atomic E-state index is -4.94. The summed E-state index contributed by atoms with van der Waals surface area (Å²) in [6.45, 7) is 0. The Balaban J connectivity index is -0.0000000128. The molecule has 0 aromatic carbocycles. The average Bonchev–Trinajstić information content (AvgIpc) is 1.12. The van der Waals surface area contributed by atoms with Crippen LogP contribution >= 0.6 is 0 Å². The number of rotatable bonds is 0. The molecule has 0 amide bonds. The molecule has 0 fully saturated rings. The van der Waals surface area contributed by atoms with E-state index in [0.29, 0.717) is 0 Å². The molecule has 0 heterocycles. The van der Waals surface area contributed by atoms with Gasteiger partial charge in [-0.2, -0.15) is 0 Å². The maximum absolute atomic E-state index is 8.49. The molecule has 15 heavy (non-hydrogen) atoms. The molecule has 0 aliphatic carbocycles. The van der Waals surface area contributed by atoms with Crippen LogP contribution in [0.4, 0.5) is 0 Å². The molecule has 0 rings (SSSR count). The smallest absolute Gasteiger partial charge is 0.412 e. The minimum absolute atomic E-state index is 0. The van der Waals surface area contributed by atoms with Crippen LogP contribution in [0.3, 0.4) is 0 Å². The van der Waals surface area contributed by atoms with Crippen LogP contribution in [0.5, 0.6) is 0 Å². The first-order chi connectivity index (χ1) is 4.00. The van der Waals surface area contributed by atoms with Crippen molar-refractivity contribution in [1.82, 2.24) is 0 Å². The molecule has 0 saturated heterocycles. The summed E-state index contributed by atoms with van der Waals surface area (Å²) >= 11 is 0. The van der Waals surface area contributed by atoms with E-state index in [2.05, 4.69) is 0 Å². The molecule has 0 bridgehead atoms. The first kappa shape index (κ1) is 44.9. The Morgan fingerprint density at radius 2 is 0.400 bits per heavy atom. The maximum atomic E-state index is 8.49. The molecule has 0 aliphatic rings. The van der Waals surface area contributed by atoms with E-state index in [9.17, 15) is 0 Å². The Kier molecular flexibility index (Phi) is 51.0. The van der Waals surface area contributed by atoms with Crippen LogP contribution < -0.4 is 37.3 Å². The fraction of sp³-hybridized carbons (Fsp3) is 0. The minimum Gasteiger partial charge on any atom is -0.412 e. The summed E-state index contributed by atoms with van der Waals surface area (Å²) in [4.78, 5) is 0. The summed E-state index contributed by atoms with van der Waals surface area (Å²) in [5.74, 6) is 0. The van der Waals surface area contributed by atoms with Crippen LogP contribution in [0, 0.1) is 20.5 Å². The van der Waals surface area contributed by atoms with Gasteiger partial charge in [-0.1, -0.05) is 0 Å². The van der Waals surface area contributed by atoms with Crippen molar-refractivity contribution >= 4 is 0 Å². The first-order valence-electron chi connectivity index (χ1n) is 1.23. The molecule has 0 atom stereocenters. The van der Waals surface area contributed by atoms with Gasteiger partial charge in [0.1, 0.15) is 0 Å². The van der Waals surface area contributed by atoms with E-state index < -0.39 is 20.5 Å². The molecule has 0 spiro atoms. The normalized spacial score (nSPS) is 8.00. The second kappa shape index (κ2) is 17.0. The molecule has 0 saturated carbocycles. The molecular weight excluding hydrogens is 318 g/mol. The summed E-state index contributed by atoms with van der Waals surface area (Å²) in [6.07, 6.45) is 0. The van der Waals surface area contributed by atoms with E-state index in [0.717, 1.165) is 0 Å². The van der Waals surface area contributed by atoms with Crippen LogP contribution in [0.2, 0.25) is 0 Å². The van der Waals surface area contributed by atoms with Crippen LogP contribution in [-0.4, -0.2) is 21.9 Å². The fourth-order valence-electron chi connectivity index (χ4n) is 0. The van der Waals surface area contributed by atoms with Gasteiger partial charge < -0.3 is 21.9 Å². The van der Waals surface area contributed by atoms with Gasteiger partial charge >= 0.3 is 17.1 Å². The van der Waals surface area contributed by atoms with E-state index in [4.69, 9.17) is 37.3 Å². The quantitative estimate of drug-likeness (QED) is 0.383. The third kappa shape index (κ3) is 6070. The zero-order chi connectivity index (χ0) is 9.00. The van der Waals surface area contributed by atoms with Crippen LogP contribution in [-0.2, 0) is 17.1 Å². The summed E-state index contributed by atoms with van der Waals surface area (Å²) in [6, 6.07) is 0. The van der Waals surface area contributed by atoms with Gasteiger partial charge in [0.15, 0.2) is 0 Å². The number of halogens is 2. The third-order valence-electron chi connectivity index (χ3n) is 0. The van der Waals surface area contributed by atoms with E-state index in [1.54, 1.807) is 0 Å². The van der Waals surface area contributed by atoms with Crippen molar-refractivity contribution < 1.29 is 96.7 Å². The van der Waals surface area contributed by atoms with Crippen molar-refractivity contribution in [2.24, 2.45) is 0 Å². The Hall–Kier alpha value is 0.619. The molecular formula is H8Cl2MnO12. The molecule has 15 heteroatoms.